The SMILES string of the molecule is CC1CCC(Nc2ccc(C(F)(F)F)cc2C#N)C1C. The smallest absolute Gasteiger partial charge is 0.381 e. The molecule has 1 aliphatic rings. The van der Waals surface area contributed by atoms with E-state index in [9.17, 15) is 13.2 Å². The molecule has 0 spiro atoms. The number of hydrogen-bond acceptors (Lipinski definition) is 2. The third-order valence-electron chi connectivity index (χ3n) is 4.27. The molecule has 20 heavy (non-hydrogen) atoms. The lowest BCUT2D eigenvalue weighted by atomic mass is 9.97. The summed E-state index contributed by atoms with van der Waals surface area (Å²) in [7, 11) is 0. The first-order valence-corrected chi connectivity index (χ1v) is 6.71. The van der Waals surface area contributed by atoms with Gasteiger partial charge in [0.25, 0.3) is 0 Å². The van der Waals surface area contributed by atoms with Gasteiger partial charge in [0, 0.05) is 6.04 Å². The maximum atomic E-state index is 12.6. The van der Waals surface area contributed by atoms with E-state index < -0.39 is 11.7 Å². The summed E-state index contributed by atoms with van der Waals surface area (Å²) in [6.07, 6.45) is -2.34. The largest absolute Gasteiger partial charge is 0.416 e. The highest BCUT2D eigenvalue weighted by atomic mass is 19.4. The Hall–Kier alpha value is -1.70. The van der Waals surface area contributed by atoms with E-state index >= 15 is 0 Å². The zero-order valence-electron chi connectivity index (χ0n) is 11.5. The zero-order chi connectivity index (χ0) is 14.9. The quantitative estimate of drug-likeness (QED) is 0.871. The van der Waals surface area contributed by atoms with Gasteiger partial charge in [-0.25, -0.2) is 0 Å². The molecule has 5 heteroatoms. The second-order valence-corrected chi connectivity index (χ2v) is 5.53. The Morgan fingerprint density at radius 1 is 1.25 bits per heavy atom. The number of alkyl halides is 3. The first-order chi connectivity index (χ1) is 9.32. The number of benzene rings is 1. The topological polar surface area (TPSA) is 35.8 Å². The number of nitriles is 1. The molecule has 0 amide bonds. The predicted octanol–water partition coefficient (Wildman–Crippen LogP) is 4.42. The number of nitrogens with zero attached hydrogens (tertiary/aromatic N) is 1. The number of anilines is 1. The van der Waals surface area contributed by atoms with Crippen molar-refractivity contribution in [3.63, 3.8) is 0 Å². The minimum Gasteiger partial charge on any atom is -0.381 e. The van der Waals surface area contributed by atoms with Gasteiger partial charge in [-0.3, -0.25) is 0 Å². The van der Waals surface area contributed by atoms with Crippen LogP contribution >= 0.6 is 0 Å². The fourth-order valence-corrected chi connectivity index (χ4v) is 2.71. The standard InChI is InChI=1S/C15H17F3N2/c1-9-3-5-13(10(9)2)20-14-6-4-12(15(16,17)18)7-11(14)8-19/h4,6-7,9-10,13,20H,3,5H2,1-2H3. The molecule has 0 radical (unpaired) electrons. The molecule has 1 aliphatic carbocycles. The fraction of sp³-hybridized carbons (Fsp3) is 0.533. The molecule has 1 saturated carbocycles. The van der Waals surface area contributed by atoms with Crippen LogP contribution < -0.4 is 5.32 Å². The lowest BCUT2D eigenvalue weighted by Gasteiger charge is -2.22. The molecule has 2 rings (SSSR count). The second-order valence-electron chi connectivity index (χ2n) is 5.53. The van der Waals surface area contributed by atoms with E-state index in [1.807, 2.05) is 6.07 Å². The summed E-state index contributed by atoms with van der Waals surface area (Å²) in [5.41, 5.74) is -0.245. The third-order valence-corrected chi connectivity index (χ3v) is 4.27. The highest BCUT2D eigenvalue weighted by molar-refractivity contribution is 5.59. The molecule has 0 heterocycles. The number of hydrogen-bond donors (Lipinski definition) is 1. The van der Waals surface area contributed by atoms with Crippen molar-refractivity contribution in [1.82, 2.24) is 0 Å². The molecule has 2 nitrogen and oxygen atoms in total. The molecule has 1 aromatic carbocycles. The Morgan fingerprint density at radius 2 is 1.95 bits per heavy atom. The molecule has 0 bridgehead atoms. The Morgan fingerprint density at radius 3 is 2.45 bits per heavy atom. The van der Waals surface area contributed by atoms with Crippen molar-refractivity contribution in [1.29, 1.82) is 5.26 Å². The average Bonchev–Trinajstić information content (AvgIpc) is 2.70. The van der Waals surface area contributed by atoms with Crippen LogP contribution in [-0.2, 0) is 6.18 Å². The monoisotopic (exact) mass is 282 g/mol. The van der Waals surface area contributed by atoms with Crippen LogP contribution in [0.4, 0.5) is 18.9 Å². The van der Waals surface area contributed by atoms with Gasteiger partial charge in [-0.2, -0.15) is 18.4 Å². The van der Waals surface area contributed by atoms with Crippen LogP contribution in [0, 0.1) is 23.2 Å². The van der Waals surface area contributed by atoms with E-state index in [-0.39, 0.29) is 11.6 Å². The normalized spacial score (nSPS) is 26.3. The minimum absolute atomic E-state index is 0.0478. The summed E-state index contributed by atoms with van der Waals surface area (Å²) in [5.74, 6) is 1.04. The van der Waals surface area contributed by atoms with E-state index in [0.717, 1.165) is 25.0 Å². The van der Waals surface area contributed by atoms with E-state index in [0.29, 0.717) is 17.5 Å². The van der Waals surface area contributed by atoms with Crippen LogP contribution in [0.25, 0.3) is 0 Å². The highest BCUT2D eigenvalue weighted by Crippen LogP contribution is 2.35. The molecular weight excluding hydrogens is 265 g/mol. The number of halogens is 3. The maximum absolute atomic E-state index is 12.6. The average molecular weight is 282 g/mol. The summed E-state index contributed by atoms with van der Waals surface area (Å²) < 4.78 is 37.9. The van der Waals surface area contributed by atoms with Crippen molar-refractivity contribution in [2.45, 2.75) is 38.9 Å². The van der Waals surface area contributed by atoms with Gasteiger partial charge < -0.3 is 5.32 Å². The van der Waals surface area contributed by atoms with Crippen LogP contribution in [-0.4, -0.2) is 6.04 Å². The van der Waals surface area contributed by atoms with Crippen molar-refractivity contribution in [2.24, 2.45) is 11.8 Å². The third kappa shape index (κ3) is 2.90. The van der Waals surface area contributed by atoms with Crippen LogP contribution in [0.5, 0.6) is 0 Å². The van der Waals surface area contributed by atoms with E-state index in [2.05, 4.69) is 19.2 Å². The molecule has 3 unspecified atom stereocenters. The predicted molar refractivity (Wildman–Crippen MR) is 71.1 cm³/mol. The summed E-state index contributed by atoms with van der Waals surface area (Å²) in [4.78, 5) is 0. The Kier molecular flexibility index (Phi) is 3.94. The second kappa shape index (κ2) is 5.35. The van der Waals surface area contributed by atoms with Gasteiger partial charge >= 0.3 is 6.18 Å². The van der Waals surface area contributed by atoms with Crippen molar-refractivity contribution < 1.29 is 13.2 Å². The first-order valence-electron chi connectivity index (χ1n) is 6.71. The molecule has 0 aliphatic heterocycles. The zero-order valence-corrected chi connectivity index (χ0v) is 11.5. The van der Waals surface area contributed by atoms with Crippen molar-refractivity contribution in [3.8, 4) is 6.07 Å². The lowest BCUT2D eigenvalue weighted by molar-refractivity contribution is -0.137. The van der Waals surface area contributed by atoms with Crippen molar-refractivity contribution >= 4 is 5.69 Å². The molecule has 0 aromatic heterocycles. The van der Waals surface area contributed by atoms with E-state index in [1.54, 1.807) is 0 Å². The molecular formula is C15H17F3N2. The first kappa shape index (κ1) is 14.7. The van der Waals surface area contributed by atoms with Gasteiger partial charge in [-0.05, 0) is 42.9 Å². The van der Waals surface area contributed by atoms with Gasteiger partial charge in [-0.1, -0.05) is 13.8 Å². The van der Waals surface area contributed by atoms with Crippen LogP contribution in [0.2, 0.25) is 0 Å². The van der Waals surface area contributed by atoms with Crippen LogP contribution in [0.3, 0.4) is 0 Å². The van der Waals surface area contributed by atoms with Crippen molar-refractivity contribution in [2.75, 3.05) is 5.32 Å². The summed E-state index contributed by atoms with van der Waals surface area (Å²) in [6, 6.07) is 5.35. The molecule has 3 atom stereocenters. The Bertz CT molecular complexity index is 531. The summed E-state index contributed by atoms with van der Waals surface area (Å²) in [6.45, 7) is 4.30. The lowest BCUT2D eigenvalue weighted by Crippen LogP contribution is -2.24. The van der Waals surface area contributed by atoms with Gasteiger partial charge in [0.15, 0.2) is 0 Å². The minimum atomic E-state index is -4.42. The molecule has 108 valence electrons. The van der Waals surface area contributed by atoms with Gasteiger partial charge in [0.1, 0.15) is 6.07 Å². The molecule has 1 N–H and O–H groups in total. The Labute approximate surface area is 116 Å². The summed E-state index contributed by atoms with van der Waals surface area (Å²) >= 11 is 0. The van der Waals surface area contributed by atoms with Crippen LogP contribution in [0.15, 0.2) is 18.2 Å². The van der Waals surface area contributed by atoms with Crippen LogP contribution in [0.1, 0.15) is 37.8 Å². The highest BCUT2D eigenvalue weighted by Gasteiger charge is 2.32. The van der Waals surface area contributed by atoms with Gasteiger partial charge in [0.05, 0.1) is 16.8 Å². The van der Waals surface area contributed by atoms with Gasteiger partial charge in [0.2, 0.25) is 0 Å². The fourth-order valence-electron chi connectivity index (χ4n) is 2.71. The number of rotatable bonds is 2. The van der Waals surface area contributed by atoms with Gasteiger partial charge in [-0.15, -0.1) is 0 Å². The van der Waals surface area contributed by atoms with E-state index in [4.69, 9.17) is 5.26 Å². The van der Waals surface area contributed by atoms with E-state index in [1.165, 1.54) is 6.07 Å². The molecule has 1 aromatic rings. The Balaban J connectivity index is 2.23. The maximum Gasteiger partial charge on any atom is 0.416 e. The van der Waals surface area contributed by atoms with Crippen molar-refractivity contribution in [3.05, 3.63) is 29.3 Å². The number of nitrogens with one attached hydrogen (secondary N) is 1. The molecule has 1 fully saturated rings. The molecule has 0 saturated heterocycles. The summed E-state index contributed by atoms with van der Waals surface area (Å²) in [5, 5.41) is 12.3.